The van der Waals surface area contributed by atoms with Crippen molar-refractivity contribution >= 4 is 10.0 Å². The molecule has 134 valence electrons. The first kappa shape index (κ1) is 16.8. The zero-order chi connectivity index (χ0) is 17.4. The Hall–Kier alpha value is -1.66. The second-order valence-electron chi connectivity index (χ2n) is 7.20. The molecule has 1 aromatic heterocycles. The lowest BCUT2D eigenvalue weighted by Gasteiger charge is -2.29. The van der Waals surface area contributed by atoms with Crippen LogP contribution in [-0.2, 0) is 29.3 Å². The fourth-order valence-corrected chi connectivity index (χ4v) is 5.00. The lowest BCUT2D eigenvalue weighted by atomic mass is 9.92. The molecule has 2 aliphatic rings. The minimum atomic E-state index is -3.46. The first-order valence-corrected chi connectivity index (χ1v) is 10.7. The number of sulfonamides is 1. The topological polar surface area (TPSA) is 64.0 Å². The third-order valence-electron chi connectivity index (χ3n) is 5.52. The number of hydrogen-bond acceptors (Lipinski definition) is 3. The predicted octanol–water partition coefficient (Wildman–Crippen LogP) is 2.93. The molecule has 0 saturated heterocycles. The summed E-state index contributed by atoms with van der Waals surface area (Å²) in [5.74, 6) is 0.985. The smallest absolute Gasteiger partial charge is 0.240 e. The van der Waals surface area contributed by atoms with E-state index in [0.717, 1.165) is 25.1 Å². The van der Waals surface area contributed by atoms with E-state index in [0.29, 0.717) is 23.9 Å². The molecule has 1 aromatic carbocycles. The molecule has 6 heteroatoms. The molecule has 1 heterocycles. The SMILES string of the molecule is Cc1cnc(CCNS(=O)(=O)c2ccc3c(c2)CCC3)n1C1CCC1. The van der Waals surface area contributed by atoms with Crippen molar-refractivity contribution in [3.05, 3.63) is 47.0 Å². The van der Waals surface area contributed by atoms with Gasteiger partial charge in [-0.2, -0.15) is 0 Å². The van der Waals surface area contributed by atoms with Gasteiger partial charge >= 0.3 is 0 Å². The van der Waals surface area contributed by atoms with Crippen LogP contribution in [0.4, 0.5) is 0 Å². The highest BCUT2D eigenvalue weighted by Gasteiger charge is 2.24. The van der Waals surface area contributed by atoms with Crippen molar-refractivity contribution in [1.82, 2.24) is 14.3 Å². The van der Waals surface area contributed by atoms with Crippen molar-refractivity contribution in [2.75, 3.05) is 6.54 Å². The molecule has 0 spiro atoms. The van der Waals surface area contributed by atoms with Crippen LogP contribution in [0.2, 0.25) is 0 Å². The number of rotatable bonds is 6. The summed E-state index contributed by atoms with van der Waals surface area (Å²) in [6, 6.07) is 6.07. The van der Waals surface area contributed by atoms with E-state index in [1.165, 1.54) is 36.1 Å². The van der Waals surface area contributed by atoms with E-state index >= 15 is 0 Å². The number of hydrogen-bond donors (Lipinski definition) is 1. The van der Waals surface area contributed by atoms with Crippen LogP contribution in [0.5, 0.6) is 0 Å². The molecular formula is C19H25N3O2S. The van der Waals surface area contributed by atoms with Crippen LogP contribution in [0.25, 0.3) is 0 Å². The second-order valence-corrected chi connectivity index (χ2v) is 8.97. The van der Waals surface area contributed by atoms with Crippen molar-refractivity contribution < 1.29 is 8.42 Å². The molecule has 0 bridgehead atoms. The standard InChI is InChI=1S/C19H25N3O2S/c1-14-13-20-19(22(14)17-6-3-7-17)10-11-21-25(23,24)18-9-8-15-4-2-5-16(15)12-18/h8-9,12-13,17,21H,2-7,10-11H2,1H3. The summed E-state index contributed by atoms with van der Waals surface area (Å²) in [6.07, 6.45) is 9.35. The van der Waals surface area contributed by atoms with Gasteiger partial charge in [-0.1, -0.05) is 6.07 Å². The molecule has 0 atom stereocenters. The maximum absolute atomic E-state index is 12.6. The van der Waals surface area contributed by atoms with Gasteiger partial charge in [0.1, 0.15) is 5.82 Å². The van der Waals surface area contributed by atoms with Crippen molar-refractivity contribution in [2.45, 2.75) is 62.8 Å². The summed E-state index contributed by atoms with van der Waals surface area (Å²) in [7, 11) is -3.46. The fourth-order valence-electron chi connectivity index (χ4n) is 3.92. The minimum Gasteiger partial charge on any atom is -0.329 e. The van der Waals surface area contributed by atoms with Gasteiger partial charge in [0.25, 0.3) is 0 Å². The predicted molar refractivity (Wildman–Crippen MR) is 97.2 cm³/mol. The Morgan fingerprint density at radius 2 is 2.00 bits per heavy atom. The van der Waals surface area contributed by atoms with Crippen molar-refractivity contribution in [2.24, 2.45) is 0 Å². The second kappa shape index (κ2) is 6.57. The largest absolute Gasteiger partial charge is 0.329 e. The fraction of sp³-hybridized carbons (Fsp3) is 0.526. The van der Waals surface area contributed by atoms with Gasteiger partial charge < -0.3 is 4.57 Å². The summed E-state index contributed by atoms with van der Waals surface area (Å²) in [4.78, 5) is 4.87. The zero-order valence-corrected chi connectivity index (χ0v) is 15.5. The number of nitrogens with one attached hydrogen (secondary N) is 1. The molecule has 1 saturated carbocycles. The quantitative estimate of drug-likeness (QED) is 0.862. The first-order valence-electron chi connectivity index (χ1n) is 9.19. The van der Waals surface area contributed by atoms with Gasteiger partial charge in [0.05, 0.1) is 4.90 Å². The van der Waals surface area contributed by atoms with Gasteiger partial charge in [-0.3, -0.25) is 0 Å². The maximum atomic E-state index is 12.6. The van der Waals surface area contributed by atoms with Crippen LogP contribution in [0.15, 0.2) is 29.3 Å². The van der Waals surface area contributed by atoms with Gasteiger partial charge in [-0.25, -0.2) is 18.1 Å². The molecule has 0 aliphatic heterocycles. The number of aryl methyl sites for hydroxylation is 3. The van der Waals surface area contributed by atoms with E-state index < -0.39 is 10.0 Å². The number of fused-ring (bicyclic) bond motifs is 1. The van der Waals surface area contributed by atoms with Crippen molar-refractivity contribution in [1.29, 1.82) is 0 Å². The van der Waals surface area contributed by atoms with E-state index in [-0.39, 0.29) is 0 Å². The zero-order valence-electron chi connectivity index (χ0n) is 14.7. The molecule has 0 radical (unpaired) electrons. The van der Waals surface area contributed by atoms with Crippen LogP contribution < -0.4 is 4.72 Å². The Labute approximate surface area is 149 Å². The van der Waals surface area contributed by atoms with E-state index in [1.54, 1.807) is 6.07 Å². The molecule has 0 unspecified atom stereocenters. The Bertz CT molecular complexity index is 882. The molecule has 5 nitrogen and oxygen atoms in total. The minimum absolute atomic E-state index is 0.378. The molecule has 0 amide bonds. The van der Waals surface area contributed by atoms with Crippen LogP contribution >= 0.6 is 0 Å². The summed E-state index contributed by atoms with van der Waals surface area (Å²) in [6.45, 7) is 2.45. The molecule has 2 aromatic rings. The highest BCUT2D eigenvalue weighted by atomic mass is 32.2. The van der Waals surface area contributed by atoms with E-state index in [9.17, 15) is 8.42 Å². The lowest BCUT2D eigenvalue weighted by molar-refractivity contribution is 0.302. The summed E-state index contributed by atoms with van der Waals surface area (Å²) in [5, 5.41) is 0. The first-order chi connectivity index (χ1) is 12.0. The number of imidazole rings is 1. The van der Waals surface area contributed by atoms with E-state index in [2.05, 4.69) is 21.2 Å². The van der Waals surface area contributed by atoms with E-state index in [4.69, 9.17) is 0 Å². The molecule has 1 N–H and O–H groups in total. The number of benzene rings is 1. The molecule has 2 aliphatic carbocycles. The monoisotopic (exact) mass is 359 g/mol. The highest BCUT2D eigenvalue weighted by Crippen LogP contribution is 2.33. The summed E-state index contributed by atoms with van der Waals surface area (Å²) < 4.78 is 30.2. The van der Waals surface area contributed by atoms with Crippen LogP contribution in [-0.4, -0.2) is 24.5 Å². The van der Waals surface area contributed by atoms with Gasteiger partial charge in [0, 0.05) is 30.9 Å². The van der Waals surface area contributed by atoms with Crippen molar-refractivity contribution in [3.8, 4) is 0 Å². The molecule has 25 heavy (non-hydrogen) atoms. The summed E-state index contributed by atoms with van der Waals surface area (Å²) in [5.41, 5.74) is 3.64. The normalized spacial score (nSPS) is 17.5. The van der Waals surface area contributed by atoms with Crippen molar-refractivity contribution in [3.63, 3.8) is 0 Å². The molecule has 4 rings (SSSR count). The van der Waals surface area contributed by atoms with Gasteiger partial charge in [-0.15, -0.1) is 0 Å². The molecule has 1 fully saturated rings. The highest BCUT2D eigenvalue weighted by molar-refractivity contribution is 7.89. The number of nitrogens with zero attached hydrogens (tertiary/aromatic N) is 2. The van der Waals surface area contributed by atoms with Crippen LogP contribution in [0.3, 0.4) is 0 Å². The Balaban J connectivity index is 1.43. The van der Waals surface area contributed by atoms with Gasteiger partial charge in [0.15, 0.2) is 0 Å². The van der Waals surface area contributed by atoms with Gasteiger partial charge in [-0.05, 0) is 68.7 Å². The average Bonchev–Trinajstić information content (AvgIpc) is 3.13. The average molecular weight is 359 g/mol. The van der Waals surface area contributed by atoms with Gasteiger partial charge in [0.2, 0.25) is 10.0 Å². The Morgan fingerprint density at radius 1 is 1.20 bits per heavy atom. The lowest BCUT2D eigenvalue weighted by Crippen LogP contribution is -2.28. The van der Waals surface area contributed by atoms with Crippen LogP contribution in [0.1, 0.15) is 54.4 Å². The number of aromatic nitrogens is 2. The summed E-state index contributed by atoms with van der Waals surface area (Å²) >= 11 is 0. The third-order valence-corrected chi connectivity index (χ3v) is 6.98. The van der Waals surface area contributed by atoms with Crippen LogP contribution in [0, 0.1) is 6.92 Å². The third kappa shape index (κ3) is 3.25. The maximum Gasteiger partial charge on any atom is 0.240 e. The Kier molecular flexibility index (Phi) is 4.41. The molecular weight excluding hydrogens is 334 g/mol. The van der Waals surface area contributed by atoms with E-state index in [1.807, 2.05) is 18.3 Å². The Morgan fingerprint density at radius 3 is 2.76 bits per heavy atom.